The van der Waals surface area contributed by atoms with Crippen LogP contribution in [0.25, 0.3) is 44.4 Å². The molecule has 6 rings (SSSR count). The predicted molar refractivity (Wildman–Crippen MR) is 116 cm³/mol. The van der Waals surface area contributed by atoms with Gasteiger partial charge >= 0.3 is 0 Å². The first-order valence-corrected chi connectivity index (χ1v) is 9.59. The van der Waals surface area contributed by atoms with E-state index in [-0.39, 0.29) is 0 Å². The third-order valence-corrected chi connectivity index (χ3v) is 5.40. The van der Waals surface area contributed by atoms with E-state index >= 15 is 0 Å². The van der Waals surface area contributed by atoms with Gasteiger partial charge < -0.3 is 4.74 Å². The molecule has 0 atom stereocenters. The summed E-state index contributed by atoms with van der Waals surface area (Å²) in [7, 11) is 0. The van der Waals surface area contributed by atoms with E-state index in [1.807, 2.05) is 42.6 Å². The molecule has 1 aliphatic rings. The molecule has 29 heavy (non-hydrogen) atoms. The van der Waals surface area contributed by atoms with E-state index in [1.165, 1.54) is 10.9 Å². The molecule has 3 nitrogen and oxygen atoms in total. The van der Waals surface area contributed by atoms with Gasteiger partial charge in [0.05, 0.1) is 11.4 Å². The molecule has 0 spiro atoms. The zero-order valence-electron chi connectivity index (χ0n) is 15.5. The highest BCUT2D eigenvalue weighted by Crippen LogP contribution is 2.48. The van der Waals surface area contributed by atoms with Crippen LogP contribution in [0, 0.1) is 0 Å². The van der Waals surface area contributed by atoms with Crippen molar-refractivity contribution in [2.75, 3.05) is 0 Å². The van der Waals surface area contributed by atoms with E-state index in [4.69, 9.17) is 4.74 Å². The van der Waals surface area contributed by atoms with Gasteiger partial charge in [0.2, 0.25) is 0 Å². The molecule has 0 fully saturated rings. The van der Waals surface area contributed by atoms with Gasteiger partial charge in [-0.1, -0.05) is 48.5 Å². The number of rotatable bonds is 2. The first-order valence-electron chi connectivity index (χ1n) is 9.59. The van der Waals surface area contributed by atoms with Gasteiger partial charge in [-0.15, -0.1) is 0 Å². The maximum absolute atomic E-state index is 6.19. The van der Waals surface area contributed by atoms with Crippen LogP contribution in [0.2, 0.25) is 0 Å². The van der Waals surface area contributed by atoms with Crippen LogP contribution in [0.1, 0.15) is 0 Å². The first kappa shape index (κ1) is 16.0. The Morgan fingerprint density at radius 3 is 2.28 bits per heavy atom. The van der Waals surface area contributed by atoms with Gasteiger partial charge in [-0.2, -0.15) is 0 Å². The van der Waals surface area contributed by atoms with Crippen LogP contribution in [-0.4, -0.2) is 9.97 Å². The molecule has 3 heterocycles. The summed E-state index contributed by atoms with van der Waals surface area (Å²) >= 11 is 0. The fourth-order valence-corrected chi connectivity index (χ4v) is 4.05. The summed E-state index contributed by atoms with van der Waals surface area (Å²) < 4.78 is 6.19. The van der Waals surface area contributed by atoms with E-state index in [2.05, 4.69) is 58.5 Å². The van der Waals surface area contributed by atoms with Crippen molar-refractivity contribution in [3.8, 4) is 45.1 Å². The van der Waals surface area contributed by atoms with E-state index in [9.17, 15) is 0 Å². The minimum Gasteiger partial charge on any atom is -0.456 e. The molecule has 0 saturated carbocycles. The highest BCUT2D eigenvalue weighted by molar-refractivity contribution is 6.09. The molecule has 1 aliphatic heterocycles. The molecule has 3 heteroatoms. The molecule has 0 amide bonds. The number of aromatic nitrogens is 2. The van der Waals surface area contributed by atoms with Crippen molar-refractivity contribution in [1.29, 1.82) is 0 Å². The second kappa shape index (κ2) is 6.28. The number of nitrogens with zero attached hydrogens (tertiary/aromatic N) is 2. The molecule has 3 aromatic carbocycles. The fourth-order valence-electron chi connectivity index (χ4n) is 4.05. The van der Waals surface area contributed by atoms with Crippen LogP contribution in [0.3, 0.4) is 0 Å². The third-order valence-electron chi connectivity index (χ3n) is 5.40. The predicted octanol–water partition coefficient (Wildman–Crippen LogP) is 6.74. The van der Waals surface area contributed by atoms with Crippen molar-refractivity contribution >= 4 is 10.8 Å². The molecule has 0 saturated heterocycles. The van der Waals surface area contributed by atoms with Crippen LogP contribution >= 0.6 is 0 Å². The summed E-state index contributed by atoms with van der Waals surface area (Å²) in [4.78, 5) is 9.04. The molecule has 0 radical (unpaired) electrons. The lowest BCUT2D eigenvalue weighted by atomic mass is 9.91. The standard InChI is InChI=1S/C26H16N2O/c1-2-10-24-19(6-1)21-8-5-7-20-18(12-14-25(29-24)26(20)21)17-11-13-23(28-16-17)22-9-3-4-15-27-22/h1-16H. The van der Waals surface area contributed by atoms with Gasteiger partial charge in [-0.25, -0.2) is 0 Å². The molecule has 0 bridgehead atoms. The van der Waals surface area contributed by atoms with E-state index in [1.54, 1.807) is 6.20 Å². The Morgan fingerprint density at radius 2 is 1.41 bits per heavy atom. The Morgan fingerprint density at radius 1 is 0.552 bits per heavy atom. The van der Waals surface area contributed by atoms with Crippen molar-refractivity contribution in [3.63, 3.8) is 0 Å². The van der Waals surface area contributed by atoms with Gasteiger partial charge in [-0.05, 0) is 52.9 Å². The van der Waals surface area contributed by atoms with Crippen LogP contribution in [0.5, 0.6) is 11.5 Å². The highest BCUT2D eigenvalue weighted by atomic mass is 16.5. The molecule has 5 aromatic rings. The minimum absolute atomic E-state index is 0.870. The van der Waals surface area contributed by atoms with Gasteiger partial charge in [-0.3, -0.25) is 9.97 Å². The monoisotopic (exact) mass is 372 g/mol. The summed E-state index contributed by atoms with van der Waals surface area (Å²) in [5, 5.41) is 2.32. The molecule has 0 aliphatic carbocycles. The van der Waals surface area contributed by atoms with Gasteiger partial charge in [0, 0.05) is 28.9 Å². The van der Waals surface area contributed by atoms with E-state index in [0.29, 0.717) is 0 Å². The Bertz CT molecular complexity index is 1360. The Balaban J connectivity index is 1.52. The summed E-state index contributed by atoms with van der Waals surface area (Å²) in [6.45, 7) is 0. The SMILES string of the molecule is c1ccc(-c2ccc(-c3ccc4c5c(cccc35)-c3ccccc3O4)cn2)nc1. The van der Waals surface area contributed by atoms with Crippen molar-refractivity contribution in [2.24, 2.45) is 0 Å². The maximum Gasteiger partial charge on any atom is 0.135 e. The molecule has 2 aromatic heterocycles. The number of pyridine rings is 2. The number of hydrogen-bond donors (Lipinski definition) is 0. The van der Waals surface area contributed by atoms with Crippen LogP contribution < -0.4 is 4.74 Å². The minimum atomic E-state index is 0.870. The van der Waals surface area contributed by atoms with Crippen LogP contribution in [-0.2, 0) is 0 Å². The van der Waals surface area contributed by atoms with Crippen molar-refractivity contribution in [3.05, 3.63) is 97.3 Å². The first-order chi connectivity index (χ1) is 14.4. The Labute approximate surface area is 168 Å². The number of ether oxygens (including phenoxy) is 1. The highest BCUT2D eigenvalue weighted by Gasteiger charge is 2.21. The quantitative estimate of drug-likeness (QED) is 0.338. The number of fused-ring (bicyclic) bond motifs is 2. The smallest absolute Gasteiger partial charge is 0.135 e. The van der Waals surface area contributed by atoms with Crippen LogP contribution in [0.15, 0.2) is 97.3 Å². The zero-order chi connectivity index (χ0) is 19.2. The molecular weight excluding hydrogens is 356 g/mol. The van der Waals surface area contributed by atoms with Crippen molar-refractivity contribution in [2.45, 2.75) is 0 Å². The largest absolute Gasteiger partial charge is 0.456 e. The second-order valence-electron chi connectivity index (χ2n) is 7.08. The lowest BCUT2D eigenvalue weighted by molar-refractivity contribution is 0.487. The maximum atomic E-state index is 6.19. The van der Waals surface area contributed by atoms with E-state index in [0.717, 1.165) is 45.0 Å². The normalized spacial score (nSPS) is 11.7. The topological polar surface area (TPSA) is 35.0 Å². The van der Waals surface area contributed by atoms with Crippen molar-refractivity contribution in [1.82, 2.24) is 9.97 Å². The van der Waals surface area contributed by atoms with Gasteiger partial charge in [0.25, 0.3) is 0 Å². The molecular formula is C26H16N2O. The number of para-hydroxylation sites is 1. The number of benzene rings is 3. The molecule has 0 N–H and O–H groups in total. The summed E-state index contributed by atoms with van der Waals surface area (Å²) in [6, 6.07) is 28.8. The summed E-state index contributed by atoms with van der Waals surface area (Å²) in [5.41, 5.74) is 6.31. The number of hydrogen-bond acceptors (Lipinski definition) is 3. The van der Waals surface area contributed by atoms with Gasteiger partial charge in [0.1, 0.15) is 11.5 Å². The lowest BCUT2D eigenvalue weighted by Crippen LogP contribution is -1.97. The average Bonchev–Trinajstić information content (AvgIpc) is 2.80. The summed E-state index contributed by atoms with van der Waals surface area (Å²) in [6.07, 6.45) is 3.71. The summed E-state index contributed by atoms with van der Waals surface area (Å²) in [5.74, 6) is 1.80. The Kier molecular flexibility index (Phi) is 3.47. The average molecular weight is 372 g/mol. The zero-order valence-corrected chi connectivity index (χ0v) is 15.5. The molecule has 0 unspecified atom stereocenters. The lowest BCUT2D eigenvalue weighted by Gasteiger charge is -2.22. The Hall–Kier alpha value is -3.98. The molecule has 136 valence electrons. The van der Waals surface area contributed by atoms with Crippen molar-refractivity contribution < 1.29 is 4.74 Å². The van der Waals surface area contributed by atoms with Crippen LogP contribution in [0.4, 0.5) is 0 Å². The van der Waals surface area contributed by atoms with E-state index < -0.39 is 0 Å². The second-order valence-corrected chi connectivity index (χ2v) is 7.08. The third kappa shape index (κ3) is 2.52. The van der Waals surface area contributed by atoms with Gasteiger partial charge in [0.15, 0.2) is 0 Å². The fraction of sp³-hybridized carbons (Fsp3) is 0.